The average Bonchev–Trinajstić information content (AvgIpc) is 3.20. The van der Waals surface area contributed by atoms with Crippen molar-refractivity contribution in [2.45, 2.75) is 6.42 Å². The van der Waals surface area contributed by atoms with Gasteiger partial charge in [-0.25, -0.2) is 4.39 Å². The molecule has 2 N–H and O–H groups in total. The number of carbonyl (C=O) groups is 1. The quantitative estimate of drug-likeness (QED) is 0.425. The lowest BCUT2D eigenvalue weighted by Gasteiger charge is -2.02. The maximum absolute atomic E-state index is 13.7. The molecule has 0 atom stereocenters. The molecule has 0 saturated heterocycles. The van der Waals surface area contributed by atoms with Crippen LogP contribution >= 0.6 is 0 Å². The maximum Gasteiger partial charge on any atom is 0.239 e. The van der Waals surface area contributed by atoms with Crippen molar-refractivity contribution in [2.75, 3.05) is 0 Å². The van der Waals surface area contributed by atoms with Gasteiger partial charge in [-0.3, -0.25) is 4.79 Å². The molecule has 0 aliphatic rings. The zero-order valence-electron chi connectivity index (χ0n) is 11.7. The van der Waals surface area contributed by atoms with Crippen molar-refractivity contribution in [2.24, 2.45) is 0 Å². The fourth-order valence-corrected chi connectivity index (χ4v) is 2.06. The highest BCUT2D eigenvalue weighted by Crippen LogP contribution is 2.19. The van der Waals surface area contributed by atoms with E-state index < -0.39 is 11.5 Å². The minimum absolute atomic E-state index is 0.0169. The highest BCUT2D eigenvalue weighted by Gasteiger charge is 2.17. The van der Waals surface area contributed by atoms with Gasteiger partial charge in [-0.1, -0.05) is 18.2 Å². The van der Waals surface area contributed by atoms with E-state index in [0.29, 0.717) is 11.1 Å². The molecule has 0 unspecified atom stereocenters. The lowest BCUT2D eigenvalue weighted by Crippen LogP contribution is -2.01. The van der Waals surface area contributed by atoms with Crippen molar-refractivity contribution in [3.8, 4) is 0 Å². The number of nitrogens with one attached hydrogen (secondary N) is 1. The molecular weight excluding hydrogens is 303 g/mol. The second-order valence-electron chi connectivity index (χ2n) is 4.67. The van der Waals surface area contributed by atoms with Crippen LogP contribution in [0.25, 0.3) is 5.76 Å². The number of nitrogens with zero attached hydrogens (tertiary/aromatic N) is 3. The number of carbonyl (C=O) groups excluding carboxylic acids is 1. The molecular formula is C15H11FN4O3. The van der Waals surface area contributed by atoms with Crippen LogP contribution in [0.1, 0.15) is 27.5 Å². The summed E-state index contributed by atoms with van der Waals surface area (Å²) in [6, 6.07) is 7.86. The third kappa shape index (κ3) is 3.15. The molecule has 0 fully saturated rings. The SMILES string of the molecule is O=C(C=C(O)c1nn[nH]n1)c1occc1Cc1ccccc1F. The van der Waals surface area contributed by atoms with Gasteiger partial charge < -0.3 is 9.52 Å². The summed E-state index contributed by atoms with van der Waals surface area (Å²) in [6.07, 6.45) is 2.46. The van der Waals surface area contributed by atoms with E-state index in [2.05, 4.69) is 20.6 Å². The Labute approximate surface area is 129 Å². The Morgan fingerprint density at radius 2 is 2.13 bits per heavy atom. The molecule has 0 aliphatic carbocycles. The molecule has 3 rings (SSSR count). The Morgan fingerprint density at radius 3 is 2.87 bits per heavy atom. The number of furan rings is 1. The van der Waals surface area contributed by atoms with E-state index in [0.717, 1.165) is 6.08 Å². The number of aliphatic hydroxyl groups excluding tert-OH is 1. The molecule has 8 heteroatoms. The van der Waals surface area contributed by atoms with Crippen molar-refractivity contribution in [3.05, 3.63) is 71.2 Å². The van der Waals surface area contributed by atoms with E-state index in [1.165, 1.54) is 12.3 Å². The third-order valence-electron chi connectivity index (χ3n) is 3.15. The van der Waals surface area contributed by atoms with E-state index in [9.17, 15) is 14.3 Å². The lowest BCUT2D eigenvalue weighted by atomic mass is 10.0. The molecule has 3 aromatic rings. The smallest absolute Gasteiger partial charge is 0.239 e. The predicted octanol–water partition coefficient (Wildman–Crippen LogP) is 2.30. The number of halogens is 1. The molecule has 0 amide bonds. The van der Waals surface area contributed by atoms with Crippen LogP contribution in [0.5, 0.6) is 0 Å². The van der Waals surface area contributed by atoms with E-state index in [1.54, 1.807) is 24.3 Å². The van der Waals surface area contributed by atoms with E-state index in [1.807, 2.05) is 0 Å². The molecule has 1 aromatic carbocycles. The fourth-order valence-electron chi connectivity index (χ4n) is 2.06. The van der Waals surface area contributed by atoms with Crippen LogP contribution in [0.2, 0.25) is 0 Å². The number of aromatic amines is 1. The molecule has 23 heavy (non-hydrogen) atoms. The number of rotatable bonds is 5. The van der Waals surface area contributed by atoms with Gasteiger partial charge in [0.25, 0.3) is 0 Å². The second kappa shape index (κ2) is 6.22. The summed E-state index contributed by atoms with van der Waals surface area (Å²) in [6.45, 7) is 0. The number of hydrogen-bond donors (Lipinski definition) is 2. The highest BCUT2D eigenvalue weighted by molar-refractivity contribution is 6.06. The molecule has 0 radical (unpaired) electrons. The minimum Gasteiger partial charge on any atom is -0.504 e. The number of aliphatic hydroxyl groups is 1. The number of ketones is 1. The normalized spacial score (nSPS) is 11.6. The number of tetrazole rings is 1. The van der Waals surface area contributed by atoms with Crippen LogP contribution in [0.15, 0.2) is 47.1 Å². The Kier molecular flexibility index (Phi) is 3.96. The van der Waals surface area contributed by atoms with Crippen molar-refractivity contribution in [3.63, 3.8) is 0 Å². The molecule has 0 spiro atoms. The molecule has 0 saturated carbocycles. The Hall–Kier alpha value is -3.29. The molecule has 2 heterocycles. The number of aromatic nitrogens is 4. The number of allylic oxidation sites excluding steroid dienone is 1. The van der Waals surface area contributed by atoms with Crippen LogP contribution in [0.3, 0.4) is 0 Å². The van der Waals surface area contributed by atoms with Gasteiger partial charge in [0, 0.05) is 18.1 Å². The summed E-state index contributed by atoms with van der Waals surface area (Å²) in [7, 11) is 0. The summed E-state index contributed by atoms with van der Waals surface area (Å²) >= 11 is 0. The van der Waals surface area contributed by atoms with Gasteiger partial charge in [0.1, 0.15) is 5.82 Å². The largest absolute Gasteiger partial charge is 0.504 e. The van der Waals surface area contributed by atoms with E-state index >= 15 is 0 Å². The van der Waals surface area contributed by atoms with E-state index in [-0.39, 0.29) is 23.8 Å². The fraction of sp³-hybridized carbons (Fsp3) is 0.0667. The first-order chi connectivity index (χ1) is 11.1. The van der Waals surface area contributed by atoms with Gasteiger partial charge in [0.05, 0.1) is 6.26 Å². The maximum atomic E-state index is 13.7. The van der Waals surface area contributed by atoms with Crippen LogP contribution < -0.4 is 0 Å². The van der Waals surface area contributed by atoms with Gasteiger partial charge in [-0.15, -0.1) is 10.2 Å². The zero-order valence-corrected chi connectivity index (χ0v) is 11.7. The molecule has 2 aromatic heterocycles. The zero-order chi connectivity index (χ0) is 16.2. The molecule has 0 aliphatic heterocycles. The number of benzene rings is 1. The first-order valence-electron chi connectivity index (χ1n) is 6.63. The molecule has 0 bridgehead atoms. The summed E-state index contributed by atoms with van der Waals surface area (Å²) in [5.41, 5.74) is 0.951. The minimum atomic E-state index is -0.580. The molecule has 116 valence electrons. The van der Waals surface area contributed by atoms with Crippen molar-refractivity contribution < 1.29 is 18.7 Å². The number of hydrogen-bond acceptors (Lipinski definition) is 6. The van der Waals surface area contributed by atoms with Crippen LogP contribution in [-0.4, -0.2) is 31.5 Å². The highest BCUT2D eigenvalue weighted by atomic mass is 19.1. The van der Waals surface area contributed by atoms with Gasteiger partial charge in [-0.2, -0.15) is 5.21 Å². The van der Waals surface area contributed by atoms with Crippen LogP contribution in [0.4, 0.5) is 4.39 Å². The van der Waals surface area contributed by atoms with Crippen LogP contribution in [0, 0.1) is 5.82 Å². The van der Waals surface area contributed by atoms with Crippen molar-refractivity contribution >= 4 is 11.5 Å². The Bertz CT molecular complexity index is 855. The number of H-pyrrole nitrogens is 1. The predicted molar refractivity (Wildman–Crippen MR) is 77.0 cm³/mol. The van der Waals surface area contributed by atoms with E-state index in [4.69, 9.17) is 4.42 Å². The third-order valence-corrected chi connectivity index (χ3v) is 3.15. The average molecular weight is 314 g/mol. The summed E-state index contributed by atoms with van der Waals surface area (Å²) in [5, 5.41) is 22.3. The molecule has 7 nitrogen and oxygen atoms in total. The van der Waals surface area contributed by atoms with Crippen LogP contribution in [-0.2, 0) is 6.42 Å². The van der Waals surface area contributed by atoms with Gasteiger partial charge in [0.2, 0.25) is 11.6 Å². The monoisotopic (exact) mass is 314 g/mol. The standard InChI is InChI=1S/C15H11FN4O3/c16-11-4-2-1-3-9(11)7-10-5-6-23-14(10)12(21)8-13(22)15-17-19-20-18-15/h1-6,8,22H,7H2,(H,17,18,19,20). The second-order valence-corrected chi connectivity index (χ2v) is 4.67. The Morgan fingerprint density at radius 1 is 1.30 bits per heavy atom. The van der Waals surface area contributed by atoms with Gasteiger partial charge in [0.15, 0.2) is 11.5 Å². The van der Waals surface area contributed by atoms with Gasteiger partial charge >= 0.3 is 0 Å². The first-order valence-corrected chi connectivity index (χ1v) is 6.63. The summed E-state index contributed by atoms with van der Waals surface area (Å²) < 4.78 is 18.9. The first kappa shape index (κ1) is 14.6. The summed E-state index contributed by atoms with van der Waals surface area (Å²) in [4.78, 5) is 12.2. The summed E-state index contributed by atoms with van der Waals surface area (Å²) in [5.74, 6) is -1.48. The Balaban J connectivity index is 1.85. The lowest BCUT2D eigenvalue weighted by molar-refractivity contribution is 0.102. The van der Waals surface area contributed by atoms with Gasteiger partial charge in [-0.05, 0) is 22.9 Å². The van der Waals surface area contributed by atoms with Crippen molar-refractivity contribution in [1.82, 2.24) is 20.6 Å². The topological polar surface area (TPSA) is 105 Å². The van der Waals surface area contributed by atoms with Crippen molar-refractivity contribution in [1.29, 1.82) is 0 Å².